The van der Waals surface area contributed by atoms with E-state index in [1.807, 2.05) is 29.3 Å². The zero-order valence-corrected chi connectivity index (χ0v) is 13.9. The summed E-state index contributed by atoms with van der Waals surface area (Å²) in [7, 11) is 1.64. The summed E-state index contributed by atoms with van der Waals surface area (Å²) in [6.45, 7) is 4.28. The molecule has 1 saturated heterocycles. The van der Waals surface area contributed by atoms with Crippen molar-refractivity contribution in [3.63, 3.8) is 0 Å². The molecule has 0 saturated carbocycles. The number of nitrogens with zero attached hydrogens (tertiary/aromatic N) is 1. The minimum atomic E-state index is -0.865. The first-order chi connectivity index (χ1) is 10.9. The zero-order chi connectivity index (χ0) is 16.6. The molecule has 1 fully saturated rings. The number of likely N-dealkylation sites (tertiary alicyclic amines) is 1. The molecule has 1 amide bonds. The summed E-state index contributed by atoms with van der Waals surface area (Å²) in [5, 5.41) is 11.3. The predicted octanol–water partition coefficient (Wildman–Crippen LogP) is 2.48. The van der Waals surface area contributed by atoms with Crippen LogP contribution in [0.15, 0.2) is 24.4 Å². The molecule has 5 nitrogen and oxygen atoms in total. The van der Waals surface area contributed by atoms with Gasteiger partial charge >= 0.3 is 0 Å². The van der Waals surface area contributed by atoms with Gasteiger partial charge in [0.25, 0.3) is 0 Å². The van der Waals surface area contributed by atoms with Crippen molar-refractivity contribution in [2.75, 3.05) is 13.7 Å². The number of fused-ring (bicyclic) bond motifs is 1. The lowest BCUT2D eigenvalue weighted by Crippen LogP contribution is -2.48. The van der Waals surface area contributed by atoms with Crippen LogP contribution >= 0.6 is 0 Å². The van der Waals surface area contributed by atoms with E-state index in [1.54, 1.807) is 21.0 Å². The molecule has 0 radical (unpaired) electrons. The van der Waals surface area contributed by atoms with Crippen molar-refractivity contribution in [2.45, 2.75) is 44.8 Å². The van der Waals surface area contributed by atoms with Gasteiger partial charge in [-0.1, -0.05) is 0 Å². The summed E-state index contributed by atoms with van der Waals surface area (Å²) in [6.07, 6.45) is 4.02. The second-order valence-corrected chi connectivity index (χ2v) is 6.80. The summed E-state index contributed by atoms with van der Waals surface area (Å²) >= 11 is 0. The van der Waals surface area contributed by atoms with E-state index in [0.717, 1.165) is 41.6 Å². The third-order valence-corrected chi connectivity index (χ3v) is 4.70. The minimum absolute atomic E-state index is 0.0679. The van der Waals surface area contributed by atoms with E-state index in [1.165, 1.54) is 0 Å². The highest BCUT2D eigenvalue weighted by atomic mass is 16.5. The number of amides is 1. The third kappa shape index (κ3) is 3.06. The van der Waals surface area contributed by atoms with Crippen LogP contribution in [0.2, 0.25) is 0 Å². The molecule has 2 aromatic rings. The van der Waals surface area contributed by atoms with Crippen LogP contribution in [0, 0.1) is 0 Å². The predicted molar refractivity (Wildman–Crippen MR) is 89.6 cm³/mol. The molecule has 0 spiro atoms. The van der Waals surface area contributed by atoms with Gasteiger partial charge in [-0.3, -0.25) is 4.79 Å². The first kappa shape index (κ1) is 15.9. The Bertz CT molecular complexity index is 715. The monoisotopic (exact) mass is 316 g/mol. The Hall–Kier alpha value is -2.01. The first-order valence-electron chi connectivity index (χ1n) is 8.06. The highest BCUT2D eigenvalue weighted by Crippen LogP contribution is 2.29. The van der Waals surface area contributed by atoms with Crippen LogP contribution < -0.4 is 4.74 Å². The maximum atomic E-state index is 12.7. The number of methoxy groups -OCH3 is 1. The lowest BCUT2D eigenvalue weighted by Gasteiger charge is -2.33. The lowest BCUT2D eigenvalue weighted by atomic mass is 9.96. The molecule has 1 aliphatic rings. The van der Waals surface area contributed by atoms with Crippen LogP contribution in [-0.2, 0) is 11.2 Å². The molecule has 0 bridgehead atoms. The average Bonchev–Trinajstić information content (AvgIpc) is 3.13. The topological polar surface area (TPSA) is 65.6 Å². The Morgan fingerprint density at radius 1 is 1.48 bits per heavy atom. The smallest absolute Gasteiger partial charge is 0.227 e. The highest BCUT2D eigenvalue weighted by Gasteiger charge is 2.38. The average molecular weight is 316 g/mol. The largest absolute Gasteiger partial charge is 0.497 e. The lowest BCUT2D eigenvalue weighted by molar-refractivity contribution is -0.135. The van der Waals surface area contributed by atoms with Gasteiger partial charge in [0.1, 0.15) is 5.75 Å². The van der Waals surface area contributed by atoms with E-state index in [2.05, 4.69) is 4.98 Å². The normalized spacial score (nSPS) is 18.6. The fourth-order valence-corrected chi connectivity index (χ4v) is 3.49. The van der Waals surface area contributed by atoms with Gasteiger partial charge in [0.15, 0.2) is 0 Å². The number of carbonyl (C=O) groups excluding carboxylic acids is 1. The molecule has 1 aromatic carbocycles. The standard InChI is InChI=1S/C18H24N2O3/c1-18(2,22)16-5-4-8-20(16)17(21)9-12-11-19-15-7-6-13(23-3)10-14(12)15/h6-7,10-11,16,19,22H,4-5,8-9H2,1-3H3. The van der Waals surface area contributed by atoms with Crippen molar-refractivity contribution in [2.24, 2.45) is 0 Å². The van der Waals surface area contributed by atoms with Crippen molar-refractivity contribution >= 4 is 16.8 Å². The fourth-order valence-electron chi connectivity index (χ4n) is 3.49. The van der Waals surface area contributed by atoms with Gasteiger partial charge in [0.2, 0.25) is 5.91 Å². The molecule has 5 heteroatoms. The molecule has 2 heterocycles. The Morgan fingerprint density at radius 3 is 2.96 bits per heavy atom. The van der Waals surface area contributed by atoms with E-state index < -0.39 is 5.60 Å². The SMILES string of the molecule is COc1ccc2[nH]cc(CC(=O)N3CCCC3C(C)(C)O)c2c1. The van der Waals surface area contributed by atoms with Gasteiger partial charge < -0.3 is 19.7 Å². The summed E-state index contributed by atoms with van der Waals surface area (Å²) in [5.41, 5.74) is 1.09. The van der Waals surface area contributed by atoms with Crippen molar-refractivity contribution in [3.8, 4) is 5.75 Å². The summed E-state index contributed by atoms with van der Waals surface area (Å²) < 4.78 is 5.27. The first-order valence-corrected chi connectivity index (χ1v) is 8.06. The molecule has 0 aliphatic carbocycles. The number of ether oxygens (including phenoxy) is 1. The van der Waals surface area contributed by atoms with Crippen LogP contribution in [-0.4, -0.2) is 46.2 Å². The number of hydrogen-bond acceptors (Lipinski definition) is 3. The van der Waals surface area contributed by atoms with Crippen molar-refractivity contribution < 1.29 is 14.6 Å². The molecule has 1 aromatic heterocycles. The van der Waals surface area contributed by atoms with E-state index in [-0.39, 0.29) is 11.9 Å². The van der Waals surface area contributed by atoms with Crippen LogP contribution in [0.1, 0.15) is 32.3 Å². The van der Waals surface area contributed by atoms with Crippen LogP contribution in [0.4, 0.5) is 0 Å². The molecule has 2 N–H and O–H groups in total. The zero-order valence-electron chi connectivity index (χ0n) is 13.9. The van der Waals surface area contributed by atoms with Crippen molar-refractivity contribution in [1.82, 2.24) is 9.88 Å². The Labute approximate surface area is 136 Å². The molecule has 1 unspecified atom stereocenters. The summed E-state index contributed by atoms with van der Waals surface area (Å²) in [6, 6.07) is 5.70. The minimum Gasteiger partial charge on any atom is -0.497 e. The summed E-state index contributed by atoms with van der Waals surface area (Å²) in [5.74, 6) is 0.847. The second kappa shape index (κ2) is 5.89. The third-order valence-electron chi connectivity index (χ3n) is 4.70. The molecular formula is C18H24N2O3. The van der Waals surface area contributed by atoms with E-state index in [4.69, 9.17) is 4.74 Å². The number of carbonyl (C=O) groups is 1. The van der Waals surface area contributed by atoms with Gasteiger partial charge in [0, 0.05) is 23.6 Å². The second-order valence-electron chi connectivity index (χ2n) is 6.80. The fraction of sp³-hybridized carbons (Fsp3) is 0.500. The Balaban J connectivity index is 1.83. The summed E-state index contributed by atoms with van der Waals surface area (Å²) in [4.78, 5) is 17.8. The number of benzene rings is 1. The van der Waals surface area contributed by atoms with Crippen molar-refractivity contribution in [3.05, 3.63) is 30.0 Å². The number of aromatic amines is 1. The number of hydrogen-bond donors (Lipinski definition) is 2. The number of aliphatic hydroxyl groups is 1. The van der Waals surface area contributed by atoms with Gasteiger partial charge in [-0.2, -0.15) is 0 Å². The maximum absolute atomic E-state index is 12.7. The number of aromatic nitrogens is 1. The maximum Gasteiger partial charge on any atom is 0.227 e. The van der Waals surface area contributed by atoms with E-state index >= 15 is 0 Å². The quantitative estimate of drug-likeness (QED) is 0.911. The Morgan fingerprint density at radius 2 is 2.26 bits per heavy atom. The van der Waals surface area contributed by atoms with Gasteiger partial charge in [-0.25, -0.2) is 0 Å². The van der Waals surface area contributed by atoms with Gasteiger partial charge in [0.05, 0.1) is 25.2 Å². The van der Waals surface area contributed by atoms with Crippen LogP contribution in [0.5, 0.6) is 5.75 Å². The highest BCUT2D eigenvalue weighted by molar-refractivity contribution is 5.90. The number of nitrogens with one attached hydrogen (secondary N) is 1. The van der Waals surface area contributed by atoms with E-state index in [9.17, 15) is 9.90 Å². The molecule has 23 heavy (non-hydrogen) atoms. The van der Waals surface area contributed by atoms with Gasteiger partial charge in [-0.15, -0.1) is 0 Å². The van der Waals surface area contributed by atoms with E-state index in [0.29, 0.717) is 6.42 Å². The molecule has 1 atom stereocenters. The molecular weight excluding hydrogens is 292 g/mol. The number of H-pyrrole nitrogens is 1. The molecule has 124 valence electrons. The van der Waals surface area contributed by atoms with Crippen molar-refractivity contribution in [1.29, 1.82) is 0 Å². The Kier molecular flexibility index (Phi) is 4.06. The molecule has 3 rings (SSSR count). The number of rotatable bonds is 4. The van der Waals surface area contributed by atoms with Gasteiger partial charge in [-0.05, 0) is 50.5 Å². The molecule has 1 aliphatic heterocycles. The van der Waals surface area contributed by atoms with Crippen LogP contribution in [0.25, 0.3) is 10.9 Å². The van der Waals surface area contributed by atoms with Crippen LogP contribution in [0.3, 0.4) is 0 Å².